The number of H-pyrrole nitrogens is 1. The van der Waals surface area contributed by atoms with Gasteiger partial charge in [0.1, 0.15) is 5.75 Å². The fourth-order valence-electron chi connectivity index (χ4n) is 2.14. The molecule has 0 saturated carbocycles. The van der Waals surface area contributed by atoms with Crippen molar-refractivity contribution in [2.75, 3.05) is 7.11 Å². The van der Waals surface area contributed by atoms with Crippen LogP contribution in [0.4, 0.5) is 0 Å². The number of halogens is 1. The van der Waals surface area contributed by atoms with E-state index in [-0.39, 0.29) is 0 Å². The maximum absolute atomic E-state index is 5.44. The molecule has 3 aromatic rings. The molecule has 0 atom stereocenters. The van der Waals surface area contributed by atoms with Crippen LogP contribution in [0.2, 0.25) is 0 Å². The van der Waals surface area contributed by atoms with Gasteiger partial charge in [0.15, 0.2) is 10.6 Å². The molecule has 1 aromatic heterocycles. The highest BCUT2D eigenvalue weighted by atomic mass is 79.9. The van der Waals surface area contributed by atoms with Crippen LogP contribution in [0.15, 0.2) is 53.0 Å². The van der Waals surface area contributed by atoms with Crippen LogP contribution in [0.1, 0.15) is 0 Å². The Kier molecular flexibility index (Phi) is 3.90. The number of ether oxygens (including phenoxy) is 1. The van der Waals surface area contributed by atoms with Crippen LogP contribution in [-0.2, 0) is 0 Å². The molecule has 0 aliphatic heterocycles. The molecule has 0 bridgehead atoms. The third kappa shape index (κ3) is 2.64. The number of aromatic amines is 1. The van der Waals surface area contributed by atoms with E-state index in [1.807, 2.05) is 53.1 Å². The molecule has 3 rings (SSSR count). The molecule has 0 aliphatic rings. The Labute approximate surface area is 135 Å². The second-order valence-electron chi connectivity index (χ2n) is 4.37. The minimum absolute atomic E-state index is 0.519. The summed E-state index contributed by atoms with van der Waals surface area (Å²) >= 11 is 8.86. The van der Waals surface area contributed by atoms with Crippen molar-refractivity contribution in [2.24, 2.45) is 0 Å². The van der Waals surface area contributed by atoms with E-state index in [2.05, 4.69) is 26.1 Å². The standard InChI is InChI=1S/C15H12BrN3OS/c1-20-13-8-7-11(16)9-12(13)19-14(17-18-15(19)21)10-5-3-2-4-6-10/h2-9H,1H3,(H,18,21). The summed E-state index contributed by atoms with van der Waals surface area (Å²) in [6.45, 7) is 0. The van der Waals surface area contributed by atoms with Gasteiger partial charge in [-0.3, -0.25) is 9.67 Å². The van der Waals surface area contributed by atoms with Crippen LogP contribution in [0, 0.1) is 4.77 Å². The number of rotatable bonds is 3. The smallest absolute Gasteiger partial charge is 0.200 e. The maximum Gasteiger partial charge on any atom is 0.200 e. The lowest BCUT2D eigenvalue weighted by molar-refractivity contribution is 0.412. The lowest BCUT2D eigenvalue weighted by atomic mass is 10.2. The van der Waals surface area contributed by atoms with Crippen LogP contribution in [0.5, 0.6) is 5.75 Å². The molecule has 2 aromatic carbocycles. The summed E-state index contributed by atoms with van der Waals surface area (Å²) in [7, 11) is 1.64. The summed E-state index contributed by atoms with van der Waals surface area (Å²) in [5.41, 5.74) is 1.82. The van der Waals surface area contributed by atoms with Crippen molar-refractivity contribution >= 4 is 28.1 Å². The summed E-state index contributed by atoms with van der Waals surface area (Å²) in [6, 6.07) is 15.7. The van der Waals surface area contributed by atoms with E-state index in [4.69, 9.17) is 17.0 Å². The first kappa shape index (κ1) is 14.0. The Morgan fingerprint density at radius 2 is 1.95 bits per heavy atom. The molecular weight excluding hydrogens is 350 g/mol. The van der Waals surface area contributed by atoms with Crippen LogP contribution in [-0.4, -0.2) is 21.9 Å². The SMILES string of the molecule is COc1ccc(Br)cc1-n1c(-c2ccccc2)n[nH]c1=S. The number of hydrogen-bond acceptors (Lipinski definition) is 3. The zero-order valence-electron chi connectivity index (χ0n) is 11.2. The third-order valence-electron chi connectivity index (χ3n) is 3.09. The Morgan fingerprint density at radius 1 is 1.19 bits per heavy atom. The molecular formula is C15H12BrN3OS. The highest BCUT2D eigenvalue weighted by molar-refractivity contribution is 9.10. The fourth-order valence-corrected chi connectivity index (χ4v) is 2.72. The second kappa shape index (κ2) is 5.83. The second-order valence-corrected chi connectivity index (χ2v) is 5.67. The Hall–Kier alpha value is -1.92. The number of benzene rings is 2. The van der Waals surface area contributed by atoms with Gasteiger partial charge in [0.2, 0.25) is 0 Å². The van der Waals surface area contributed by atoms with Crippen molar-refractivity contribution < 1.29 is 4.74 Å². The predicted molar refractivity (Wildman–Crippen MR) is 88.4 cm³/mol. The van der Waals surface area contributed by atoms with Crippen molar-refractivity contribution in [1.82, 2.24) is 14.8 Å². The van der Waals surface area contributed by atoms with Gasteiger partial charge >= 0.3 is 0 Å². The number of hydrogen-bond donors (Lipinski definition) is 1. The monoisotopic (exact) mass is 361 g/mol. The fraction of sp³-hybridized carbons (Fsp3) is 0.0667. The average molecular weight is 362 g/mol. The van der Waals surface area contributed by atoms with Crippen molar-refractivity contribution in [3.63, 3.8) is 0 Å². The number of methoxy groups -OCH3 is 1. The van der Waals surface area contributed by atoms with Gasteiger partial charge in [-0.1, -0.05) is 46.3 Å². The van der Waals surface area contributed by atoms with E-state index < -0.39 is 0 Å². The minimum atomic E-state index is 0.519. The molecule has 0 aliphatic carbocycles. The van der Waals surface area contributed by atoms with Crippen molar-refractivity contribution in [2.45, 2.75) is 0 Å². The zero-order chi connectivity index (χ0) is 14.8. The van der Waals surface area contributed by atoms with Gasteiger partial charge in [0.25, 0.3) is 0 Å². The summed E-state index contributed by atoms with van der Waals surface area (Å²) in [5, 5.41) is 7.19. The summed E-state index contributed by atoms with van der Waals surface area (Å²) < 4.78 is 8.77. The highest BCUT2D eigenvalue weighted by Crippen LogP contribution is 2.30. The van der Waals surface area contributed by atoms with Crippen molar-refractivity contribution in [3.8, 4) is 22.8 Å². The van der Waals surface area contributed by atoms with Gasteiger partial charge in [-0.05, 0) is 30.4 Å². The molecule has 21 heavy (non-hydrogen) atoms. The molecule has 0 fully saturated rings. The Morgan fingerprint density at radius 3 is 2.67 bits per heavy atom. The first-order valence-electron chi connectivity index (χ1n) is 6.27. The van der Waals surface area contributed by atoms with E-state index in [1.54, 1.807) is 7.11 Å². The molecule has 1 N–H and O–H groups in total. The zero-order valence-corrected chi connectivity index (χ0v) is 13.6. The highest BCUT2D eigenvalue weighted by Gasteiger charge is 2.14. The predicted octanol–water partition coefficient (Wildman–Crippen LogP) is 4.37. The molecule has 0 spiro atoms. The largest absolute Gasteiger partial charge is 0.495 e. The summed E-state index contributed by atoms with van der Waals surface area (Å²) in [6.07, 6.45) is 0. The molecule has 0 amide bonds. The molecule has 1 heterocycles. The molecule has 0 saturated heterocycles. The van der Waals surface area contributed by atoms with E-state index >= 15 is 0 Å². The van der Waals surface area contributed by atoms with Gasteiger partial charge < -0.3 is 4.74 Å². The summed E-state index contributed by atoms with van der Waals surface area (Å²) in [4.78, 5) is 0. The third-order valence-corrected chi connectivity index (χ3v) is 3.85. The van der Waals surface area contributed by atoms with Crippen LogP contribution in [0.25, 0.3) is 17.1 Å². The quantitative estimate of drug-likeness (QED) is 0.704. The molecule has 0 unspecified atom stereocenters. The van der Waals surface area contributed by atoms with Gasteiger partial charge in [-0.15, -0.1) is 0 Å². The minimum Gasteiger partial charge on any atom is -0.495 e. The molecule has 4 nitrogen and oxygen atoms in total. The van der Waals surface area contributed by atoms with Crippen molar-refractivity contribution in [3.05, 3.63) is 57.8 Å². The summed E-state index contributed by atoms with van der Waals surface area (Å²) in [5.74, 6) is 1.48. The topological polar surface area (TPSA) is 42.8 Å². The average Bonchev–Trinajstić information content (AvgIpc) is 2.89. The van der Waals surface area contributed by atoms with Gasteiger partial charge in [0, 0.05) is 10.0 Å². The van der Waals surface area contributed by atoms with Gasteiger partial charge in [0.05, 0.1) is 12.8 Å². The van der Waals surface area contributed by atoms with Gasteiger partial charge in [-0.25, -0.2) is 0 Å². The Bertz CT molecular complexity index is 826. The van der Waals surface area contributed by atoms with E-state index in [9.17, 15) is 0 Å². The van der Waals surface area contributed by atoms with Crippen molar-refractivity contribution in [1.29, 1.82) is 0 Å². The number of aromatic nitrogens is 3. The molecule has 6 heteroatoms. The van der Waals surface area contributed by atoms with E-state index in [0.717, 1.165) is 27.3 Å². The van der Waals surface area contributed by atoms with E-state index in [0.29, 0.717) is 4.77 Å². The van der Waals surface area contributed by atoms with Crippen LogP contribution in [0.3, 0.4) is 0 Å². The maximum atomic E-state index is 5.44. The lowest BCUT2D eigenvalue weighted by Crippen LogP contribution is -2.01. The van der Waals surface area contributed by atoms with Gasteiger partial charge in [-0.2, -0.15) is 5.10 Å². The van der Waals surface area contributed by atoms with Crippen LogP contribution < -0.4 is 4.74 Å². The first-order valence-corrected chi connectivity index (χ1v) is 7.47. The number of nitrogens with zero attached hydrogens (tertiary/aromatic N) is 2. The lowest BCUT2D eigenvalue weighted by Gasteiger charge is -2.12. The first-order chi connectivity index (χ1) is 10.2. The van der Waals surface area contributed by atoms with Crippen LogP contribution >= 0.6 is 28.1 Å². The van der Waals surface area contributed by atoms with E-state index in [1.165, 1.54) is 0 Å². The molecule has 106 valence electrons. The normalized spacial score (nSPS) is 10.6. The molecule has 0 radical (unpaired) electrons. The number of nitrogens with one attached hydrogen (secondary N) is 1. The Balaban J connectivity index is 2.27.